The maximum atomic E-state index is 12.2. The highest BCUT2D eigenvalue weighted by Crippen LogP contribution is 2.26. The van der Waals surface area contributed by atoms with Crippen LogP contribution in [0.5, 0.6) is 0 Å². The maximum Gasteiger partial charge on any atom is 0.246 e. The van der Waals surface area contributed by atoms with Crippen molar-refractivity contribution in [2.24, 2.45) is 0 Å². The minimum Gasteiger partial charge on any atom is -0.395 e. The lowest BCUT2D eigenvalue weighted by molar-refractivity contribution is -0.133. The highest BCUT2D eigenvalue weighted by Gasteiger charge is 2.32. The Morgan fingerprint density at radius 2 is 2.10 bits per heavy atom. The van der Waals surface area contributed by atoms with E-state index in [2.05, 4.69) is 15.4 Å². The average Bonchev–Trinajstić information content (AvgIpc) is 3.24. The molecule has 110 valence electrons. The zero-order valence-corrected chi connectivity index (χ0v) is 11.6. The monoisotopic (exact) mass is 287 g/mol. The summed E-state index contributed by atoms with van der Waals surface area (Å²) in [5, 5.41) is 21.2. The predicted octanol–water partition coefficient (Wildman–Crippen LogP) is 0.323. The third kappa shape index (κ3) is 3.25. The number of hydrogen-bond acceptors (Lipinski definition) is 5. The molecule has 2 aromatic rings. The Labute approximate surface area is 122 Å². The van der Waals surface area contributed by atoms with Crippen molar-refractivity contribution >= 4 is 5.91 Å². The predicted molar refractivity (Wildman–Crippen MR) is 75.1 cm³/mol. The zero-order chi connectivity index (χ0) is 14.7. The van der Waals surface area contributed by atoms with E-state index in [0.717, 1.165) is 18.4 Å². The number of aliphatic hydroxyl groups excluding tert-OH is 1. The molecule has 1 aliphatic rings. The topological polar surface area (TPSA) is 84.1 Å². The molecular weight excluding hydrogens is 270 g/mol. The molecular formula is C14H17N5O2. The summed E-state index contributed by atoms with van der Waals surface area (Å²) in [4.78, 5) is 15.2. The van der Waals surface area contributed by atoms with Gasteiger partial charge in [-0.3, -0.25) is 4.79 Å². The fourth-order valence-electron chi connectivity index (χ4n) is 2.23. The Morgan fingerprint density at radius 1 is 1.33 bits per heavy atom. The highest BCUT2D eigenvalue weighted by atomic mass is 16.3. The van der Waals surface area contributed by atoms with Crippen molar-refractivity contribution in [1.82, 2.24) is 25.1 Å². The molecule has 1 aliphatic carbocycles. The van der Waals surface area contributed by atoms with Crippen molar-refractivity contribution in [3.63, 3.8) is 0 Å². The van der Waals surface area contributed by atoms with Crippen molar-refractivity contribution in [2.75, 3.05) is 13.2 Å². The van der Waals surface area contributed by atoms with Gasteiger partial charge in [-0.15, -0.1) is 10.2 Å². The summed E-state index contributed by atoms with van der Waals surface area (Å²) in [6.07, 6.45) is 2.01. The first-order valence-electron chi connectivity index (χ1n) is 7.01. The second kappa shape index (κ2) is 6.01. The van der Waals surface area contributed by atoms with Crippen LogP contribution in [0.2, 0.25) is 0 Å². The van der Waals surface area contributed by atoms with E-state index in [0.29, 0.717) is 12.4 Å². The molecule has 0 unspecified atom stereocenters. The molecule has 7 heteroatoms. The second-order valence-electron chi connectivity index (χ2n) is 5.05. The van der Waals surface area contributed by atoms with Gasteiger partial charge in [-0.05, 0) is 18.1 Å². The molecule has 0 radical (unpaired) electrons. The molecule has 21 heavy (non-hydrogen) atoms. The van der Waals surface area contributed by atoms with Gasteiger partial charge in [0.25, 0.3) is 0 Å². The number of amides is 1. The number of nitrogens with zero attached hydrogens (tertiary/aromatic N) is 5. The number of aliphatic hydroxyl groups is 1. The van der Waals surface area contributed by atoms with Crippen molar-refractivity contribution < 1.29 is 9.90 Å². The molecule has 0 spiro atoms. The molecule has 1 amide bonds. The van der Waals surface area contributed by atoms with Gasteiger partial charge in [0.05, 0.1) is 6.61 Å². The highest BCUT2D eigenvalue weighted by molar-refractivity contribution is 5.76. The van der Waals surface area contributed by atoms with Crippen LogP contribution in [0.3, 0.4) is 0 Å². The number of carbonyl (C=O) groups is 1. The fourth-order valence-corrected chi connectivity index (χ4v) is 2.23. The first-order chi connectivity index (χ1) is 10.3. The van der Waals surface area contributed by atoms with Crippen LogP contribution in [0, 0.1) is 0 Å². The number of hydrogen-bond donors (Lipinski definition) is 1. The minimum absolute atomic E-state index is 0.0255. The van der Waals surface area contributed by atoms with Gasteiger partial charge in [0.1, 0.15) is 6.54 Å². The number of carbonyl (C=O) groups excluding carboxylic acids is 1. The Morgan fingerprint density at radius 3 is 2.76 bits per heavy atom. The van der Waals surface area contributed by atoms with Gasteiger partial charge >= 0.3 is 0 Å². The largest absolute Gasteiger partial charge is 0.395 e. The van der Waals surface area contributed by atoms with Crippen LogP contribution in [-0.2, 0) is 11.3 Å². The molecule has 1 aromatic heterocycles. The summed E-state index contributed by atoms with van der Waals surface area (Å²) in [6, 6.07) is 9.77. The number of benzene rings is 1. The third-order valence-electron chi connectivity index (χ3n) is 3.41. The Balaban J connectivity index is 1.68. The quantitative estimate of drug-likeness (QED) is 0.827. The first kappa shape index (κ1) is 13.7. The van der Waals surface area contributed by atoms with Crippen LogP contribution in [0.4, 0.5) is 0 Å². The zero-order valence-electron chi connectivity index (χ0n) is 11.6. The van der Waals surface area contributed by atoms with Crippen LogP contribution in [0.15, 0.2) is 30.3 Å². The summed E-state index contributed by atoms with van der Waals surface area (Å²) < 4.78 is 0. The van der Waals surface area contributed by atoms with Crippen molar-refractivity contribution in [3.05, 3.63) is 30.3 Å². The maximum absolute atomic E-state index is 12.2. The van der Waals surface area contributed by atoms with Crippen molar-refractivity contribution in [1.29, 1.82) is 0 Å². The van der Waals surface area contributed by atoms with Crippen LogP contribution >= 0.6 is 0 Å². The number of rotatable bonds is 6. The van der Waals surface area contributed by atoms with E-state index in [1.54, 1.807) is 4.90 Å². The summed E-state index contributed by atoms with van der Waals surface area (Å²) in [6.45, 7) is 0.391. The molecule has 0 saturated heterocycles. The third-order valence-corrected chi connectivity index (χ3v) is 3.41. The first-order valence-corrected chi connectivity index (χ1v) is 7.01. The standard InChI is InChI=1S/C14H17N5O2/c20-9-8-18(12-6-7-12)13(21)10-19-16-14(15-17-19)11-4-2-1-3-5-11/h1-5,12,20H,6-10H2. The molecule has 1 heterocycles. The lowest BCUT2D eigenvalue weighted by atomic mass is 10.2. The van der Waals surface area contributed by atoms with E-state index < -0.39 is 0 Å². The molecule has 1 aromatic carbocycles. The van der Waals surface area contributed by atoms with Gasteiger partial charge in [-0.2, -0.15) is 4.80 Å². The molecule has 3 rings (SSSR count). The summed E-state index contributed by atoms with van der Waals surface area (Å²) >= 11 is 0. The fraction of sp³-hybridized carbons (Fsp3) is 0.429. The molecule has 1 saturated carbocycles. The van der Waals surface area contributed by atoms with Gasteiger partial charge in [-0.25, -0.2) is 0 Å². The average molecular weight is 287 g/mol. The van der Waals surface area contributed by atoms with Gasteiger partial charge in [0, 0.05) is 18.2 Å². The van der Waals surface area contributed by atoms with E-state index in [4.69, 9.17) is 5.11 Å². The number of tetrazole rings is 1. The normalized spacial score (nSPS) is 14.1. The Bertz CT molecular complexity index is 609. The lowest BCUT2D eigenvalue weighted by Crippen LogP contribution is -2.38. The lowest BCUT2D eigenvalue weighted by Gasteiger charge is -2.20. The Hall–Kier alpha value is -2.28. The molecule has 1 fully saturated rings. The summed E-state index contributed by atoms with van der Waals surface area (Å²) in [5.41, 5.74) is 0.866. The van der Waals surface area contributed by atoms with Gasteiger partial charge in [0.2, 0.25) is 11.7 Å². The van der Waals surface area contributed by atoms with Crippen LogP contribution < -0.4 is 0 Å². The van der Waals surface area contributed by atoms with Crippen molar-refractivity contribution in [2.45, 2.75) is 25.4 Å². The van der Waals surface area contributed by atoms with Gasteiger partial charge < -0.3 is 10.0 Å². The Kier molecular flexibility index (Phi) is 3.92. The van der Waals surface area contributed by atoms with Crippen LogP contribution in [-0.4, -0.2) is 55.3 Å². The second-order valence-corrected chi connectivity index (χ2v) is 5.05. The van der Waals surface area contributed by atoms with E-state index >= 15 is 0 Å². The molecule has 0 atom stereocenters. The smallest absolute Gasteiger partial charge is 0.246 e. The molecule has 7 nitrogen and oxygen atoms in total. The SMILES string of the molecule is O=C(Cn1nnc(-c2ccccc2)n1)N(CCO)C1CC1. The summed E-state index contributed by atoms with van der Waals surface area (Å²) in [7, 11) is 0. The van der Waals surface area contributed by atoms with Gasteiger partial charge in [0.15, 0.2) is 0 Å². The van der Waals surface area contributed by atoms with E-state index in [-0.39, 0.29) is 25.1 Å². The number of aromatic nitrogens is 4. The van der Waals surface area contributed by atoms with Crippen LogP contribution in [0.25, 0.3) is 11.4 Å². The van der Waals surface area contributed by atoms with E-state index in [9.17, 15) is 4.79 Å². The molecule has 1 N–H and O–H groups in total. The van der Waals surface area contributed by atoms with E-state index in [1.165, 1.54) is 4.80 Å². The minimum atomic E-state index is -0.0800. The van der Waals surface area contributed by atoms with Crippen molar-refractivity contribution in [3.8, 4) is 11.4 Å². The molecule has 0 aliphatic heterocycles. The van der Waals surface area contributed by atoms with E-state index in [1.807, 2.05) is 30.3 Å². The molecule has 0 bridgehead atoms. The van der Waals surface area contributed by atoms with Gasteiger partial charge in [-0.1, -0.05) is 30.3 Å². The summed E-state index contributed by atoms with van der Waals surface area (Å²) in [5.74, 6) is 0.423. The van der Waals surface area contributed by atoms with Crippen LogP contribution in [0.1, 0.15) is 12.8 Å².